The molecule has 3 aromatic rings. The highest BCUT2D eigenvalue weighted by atomic mass is 127. The van der Waals surface area contributed by atoms with E-state index < -0.39 is 7.26 Å². The Hall–Kier alpha value is -1.18. The number of halogens is 1. The molecule has 0 atom stereocenters. The third kappa shape index (κ3) is 6.40. The smallest absolute Gasteiger partial charge is 0.0196 e. The van der Waals surface area contributed by atoms with E-state index in [1.807, 2.05) is 0 Å². The summed E-state index contributed by atoms with van der Waals surface area (Å²) in [5.74, 6) is 0. The van der Waals surface area contributed by atoms with Crippen LogP contribution in [0.4, 0.5) is 0 Å². The molecule has 0 aliphatic carbocycles. The molecule has 0 aliphatic rings. The molecule has 0 bridgehead atoms. The van der Waals surface area contributed by atoms with Crippen LogP contribution in [0, 0.1) is 0 Å². The number of unbranched alkanes of at least 4 members (excludes halogenated alkanes) is 6. The maximum absolute atomic E-state index is 2.36. The van der Waals surface area contributed by atoms with Gasteiger partial charge in [-0.25, -0.2) is 0 Å². The van der Waals surface area contributed by atoms with Crippen molar-refractivity contribution >= 4 is 47.2 Å². The quantitative estimate of drug-likeness (QED) is 0.142. The first-order valence-electron chi connectivity index (χ1n) is 10.9. The lowest BCUT2D eigenvalue weighted by Gasteiger charge is -2.38. The van der Waals surface area contributed by atoms with E-state index in [1.54, 1.807) is 0 Å². The third-order valence-electron chi connectivity index (χ3n) is 5.69. The van der Waals surface area contributed by atoms with Crippen molar-refractivity contribution < 1.29 is 0 Å². The molecule has 0 unspecified atom stereocenters. The van der Waals surface area contributed by atoms with Gasteiger partial charge < -0.3 is 0 Å². The molecule has 3 aromatic carbocycles. The number of benzene rings is 3. The van der Waals surface area contributed by atoms with Gasteiger partial charge in [0.1, 0.15) is 0 Å². The topological polar surface area (TPSA) is 0 Å². The van der Waals surface area contributed by atoms with Crippen molar-refractivity contribution in [3.63, 3.8) is 0 Å². The van der Waals surface area contributed by atoms with Crippen molar-refractivity contribution in [2.75, 3.05) is 6.16 Å². The zero-order valence-electron chi connectivity index (χ0n) is 17.7. The van der Waals surface area contributed by atoms with Gasteiger partial charge in [0, 0.05) is 0 Å². The van der Waals surface area contributed by atoms with Crippen LogP contribution < -0.4 is 15.9 Å². The standard InChI is InChI=1S/C27H34P.HI/c1-2-3-4-5-6-7-17-24-28(25-18-11-8-12-19-25,26-20-13-9-14-21-26)27-22-15-10-16-23-27;/h8-16,18-23H,2-7,17,24H2,1H3;1H. The second-order valence-corrected chi connectivity index (χ2v) is 11.3. The molecule has 0 saturated carbocycles. The predicted octanol–water partition coefficient (Wildman–Crippen LogP) is 7.35. The first kappa shape index (κ1) is 24.1. The zero-order valence-corrected chi connectivity index (χ0v) is 20.9. The second kappa shape index (κ2) is 13.2. The molecule has 2 heteroatoms. The fraction of sp³-hybridized carbons (Fsp3) is 0.333. The summed E-state index contributed by atoms with van der Waals surface area (Å²) in [6.07, 6.45) is 10.8. The molecule has 3 rings (SSSR count). The van der Waals surface area contributed by atoms with E-state index in [0.29, 0.717) is 0 Å². The highest BCUT2D eigenvalue weighted by molar-refractivity contribution is 14.0. The van der Waals surface area contributed by atoms with Crippen molar-refractivity contribution in [1.82, 2.24) is 0 Å². The van der Waals surface area contributed by atoms with Crippen molar-refractivity contribution in [2.45, 2.75) is 51.9 Å². The first-order chi connectivity index (χ1) is 13.9. The van der Waals surface area contributed by atoms with Crippen molar-refractivity contribution in [2.24, 2.45) is 0 Å². The largest absolute Gasteiger partial charge is 0.107 e. The van der Waals surface area contributed by atoms with Crippen LogP contribution in [0.1, 0.15) is 51.9 Å². The van der Waals surface area contributed by atoms with Gasteiger partial charge in [-0.05, 0) is 35.8 Å². The highest BCUT2D eigenvalue weighted by Crippen LogP contribution is 2.55. The summed E-state index contributed by atoms with van der Waals surface area (Å²) in [4.78, 5) is 0. The Morgan fingerprint density at radius 3 is 1.21 bits per heavy atom. The summed E-state index contributed by atoms with van der Waals surface area (Å²) in [6.45, 7) is 2.29. The molecule has 0 fully saturated rings. The van der Waals surface area contributed by atoms with E-state index in [-0.39, 0.29) is 24.0 Å². The second-order valence-electron chi connectivity index (χ2n) is 7.66. The minimum Gasteiger partial charge on any atom is -0.107 e. The van der Waals surface area contributed by atoms with Crippen LogP contribution in [0.15, 0.2) is 91.0 Å². The van der Waals surface area contributed by atoms with E-state index in [2.05, 4.69) is 97.9 Å². The Morgan fingerprint density at radius 2 is 0.828 bits per heavy atom. The maximum atomic E-state index is 2.36. The molecule has 155 valence electrons. The number of rotatable bonds is 11. The molecule has 0 nitrogen and oxygen atoms in total. The lowest BCUT2D eigenvalue weighted by molar-refractivity contribution is 0.603. The van der Waals surface area contributed by atoms with Gasteiger partial charge in [0.05, 0.1) is 0 Å². The van der Waals surface area contributed by atoms with Gasteiger partial charge in [0.2, 0.25) is 0 Å². The van der Waals surface area contributed by atoms with Gasteiger partial charge in [-0.1, -0.05) is 136 Å². The highest BCUT2D eigenvalue weighted by Gasteiger charge is 2.33. The molecule has 0 aromatic heterocycles. The molecule has 0 spiro atoms. The molecular weight excluding hydrogens is 482 g/mol. The summed E-state index contributed by atoms with van der Waals surface area (Å²) >= 11 is 0. The van der Waals surface area contributed by atoms with Crippen LogP contribution in [-0.4, -0.2) is 6.16 Å². The number of hydrogen-bond donors (Lipinski definition) is 0. The van der Waals surface area contributed by atoms with Crippen LogP contribution in [0.2, 0.25) is 0 Å². The Balaban J connectivity index is 0.00000300. The molecular formula is C27H35IP. The minimum absolute atomic E-state index is 0. The molecule has 0 amide bonds. The number of hydrogen-bond acceptors (Lipinski definition) is 0. The molecule has 0 heterocycles. The average molecular weight is 517 g/mol. The van der Waals surface area contributed by atoms with Gasteiger partial charge in [-0.2, -0.15) is 0 Å². The van der Waals surface area contributed by atoms with Gasteiger partial charge in [0.15, 0.2) is 0 Å². The molecule has 29 heavy (non-hydrogen) atoms. The van der Waals surface area contributed by atoms with Crippen LogP contribution in [-0.2, 0) is 0 Å². The summed E-state index contributed by atoms with van der Waals surface area (Å²) in [6, 6.07) is 33.8. The fourth-order valence-corrected chi connectivity index (χ4v) is 8.60. The van der Waals surface area contributed by atoms with Crippen molar-refractivity contribution in [3.05, 3.63) is 91.0 Å². The van der Waals surface area contributed by atoms with E-state index in [9.17, 15) is 0 Å². The van der Waals surface area contributed by atoms with Crippen LogP contribution >= 0.6 is 31.2 Å². The van der Waals surface area contributed by atoms with Gasteiger partial charge in [-0.3, -0.25) is 0 Å². The van der Waals surface area contributed by atoms with E-state index in [4.69, 9.17) is 0 Å². The lowest BCUT2D eigenvalue weighted by Crippen LogP contribution is -2.33. The molecule has 1 radical (unpaired) electrons. The van der Waals surface area contributed by atoms with Gasteiger partial charge >= 0.3 is 0 Å². The molecule has 0 N–H and O–H groups in total. The van der Waals surface area contributed by atoms with Gasteiger partial charge in [-0.15, -0.1) is 24.0 Å². The fourth-order valence-electron chi connectivity index (χ4n) is 4.19. The average Bonchev–Trinajstić information content (AvgIpc) is 2.78. The van der Waals surface area contributed by atoms with Crippen LogP contribution in [0.5, 0.6) is 0 Å². The van der Waals surface area contributed by atoms with Gasteiger partial charge in [0.25, 0.3) is 0 Å². The van der Waals surface area contributed by atoms with Crippen molar-refractivity contribution in [1.29, 1.82) is 0 Å². The summed E-state index contributed by atoms with van der Waals surface area (Å²) < 4.78 is 0. The maximum Gasteiger partial charge on any atom is -0.0196 e. The Labute approximate surface area is 195 Å². The normalized spacial score (nSPS) is 11.1. The summed E-state index contributed by atoms with van der Waals surface area (Å²) in [5.41, 5.74) is 0. The Bertz CT molecular complexity index is 690. The monoisotopic (exact) mass is 517 g/mol. The van der Waals surface area contributed by atoms with E-state index in [0.717, 1.165) is 0 Å². The minimum atomic E-state index is -1.61. The summed E-state index contributed by atoms with van der Waals surface area (Å²) in [5, 5.41) is 4.54. The lowest BCUT2D eigenvalue weighted by atomic mass is 10.1. The van der Waals surface area contributed by atoms with Crippen LogP contribution in [0.3, 0.4) is 0 Å². The van der Waals surface area contributed by atoms with Crippen LogP contribution in [0.25, 0.3) is 0 Å². The third-order valence-corrected chi connectivity index (χ3v) is 10.2. The Morgan fingerprint density at radius 1 is 0.483 bits per heavy atom. The summed E-state index contributed by atoms with van der Waals surface area (Å²) in [7, 11) is -1.61. The molecule has 0 aliphatic heterocycles. The van der Waals surface area contributed by atoms with E-state index in [1.165, 1.54) is 67.0 Å². The molecule has 0 saturated heterocycles. The Kier molecular flexibility index (Phi) is 11.0. The van der Waals surface area contributed by atoms with E-state index >= 15 is 0 Å². The predicted molar refractivity (Wildman–Crippen MR) is 143 cm³/mol. The first-order valence-corrected chi connectivity index (χ1v) is 12.9. The van der Waals surface area contributed by atoms with Crippen molar-refractivity contribution in [3.8, 4) is 0 Å². The zero-order chi connectivity index (χ0) is 19.5. The SMILES string of the molecule is CCCCCCCCC[P](c1ccccc1)(c1ccccc1)c1ccccc1.I.